The lowest BCUT2D eigenvalue weighted by Crippen LogP contribution is -2.36. The second kappa shape index (κ2) is 14.2. The normalized spacial score (nSPS) is 20.0. The van der Waals surface area contributed by atoms with Crippen LogP contribution in [0.4, 0.5) is 9.59 Å². The summed E-state index contributed by atoms with van der Waals surface area (Å²) in [6.07, 6.45) is 10.7. The molecule has 2 fully saturated rings. The average Bonchev–Trinajstić information content (AvgIpc) is 3.89. The standard InChI is InChI=1S/C42H50N6O4/c1-41(2,3)51-39(49)43-22-21-27-10-7-12-32(27)37-44-25-34(46-37)28-17-15-26(16-18-28)29-19-20-31-30(24-29)11-8-13-33-36(31)47-38(45-33)35-14-9-23-48(35)40(50)52-42(4,5)6/h15-21,24-25,27,32,35H,7-14,23H2,1-6H3,(H,44,46)(H,45,47)/t27?,32-,35-/m0/s1. The summed E-state index contributed by atoms with van der Waals surface area (Å²) >= 11 is 0. The lowest BCUT2D eigenvalue weighted by Gasteiger charge is -2.27. The van der Waals surface area contributed by atoms with Crippen molar-refractivity contribution in [2.24, 2.45) is 10.9 Å². The van der Waals surface area contributed by atoms with Crippen LogP contribution >= 0.6 is 0 Å². The summed E-state index contributed by atoms with van der Waals surface area (Å²) in [5.41, 5.74) is 7.89. The highest BCUT2D eigenvalue weighted by molar-refractivity contribution is 5.78. The van der Waals surface area contributed by atoms with Crippen molar-refractivity contribution in [1.82, 2.24) is 24.8 Å². The fraction of sp³-hybridized carbons (Fsp3) is 0.476. The number of carbonyl (C=O) groups is 2. The number of fused-ring (bicyclic) bond motifs is 3. The first-order valence-corrected chi connectivity index (χ1v) is 18.7. The number of amides is 2. The summed E-state index contributed by atoms with van der Waals surface area (Å²) in [6, 6.07) is 15.2. The van der Waals surface area contributed by atoms with Crippen LogP contribution in [0.2, 0.25) is 0 Å². The first-order valence-electron chi connectivity index (χ1n) is 18.7. The molecule has 2 aliphatic carbocycles. The van der Waals surface area contributed by atoms with Crippen molar-refractivity contribution in [1.29, 1.82) is 0 Å². The van der Waals surface area contributed by atoms with E-state index in [4.69, 9.17) is 19.4 Å². The lowest BCUT2D eigenvalue weighted by molar-refractivity contribution is 0.0218. The molecule has 2 N–H and O–H groups in total. The van der Waals surface area contributed by atoms with Gasteiger partial charge in [-0.15, -0.1) is 4.99 Å². The van der Waals surface area contributed by atoms with Gasteiger partial charge >= 0.3 is 12.2 Å². The first kappa shape index (κ1) is 35.5. The Balaban J connectivity index is 1.05. The van der Waals surface area contributed by atoms with Crippen LogP contribution in [0.25, 0.3) is 33.6 Å². The second-order valence-electron chi connectivity index (χ2n) is 16.4. The molecule has 4 aromatic rings. The molecule has 52 heavy (non-hydrogen) atoms. The Bertz CT molecular complexity index is 2000. The Morgan fingerprint density at radius 3 is 2.38 bits per heavy atom. The molecule has 272 valence electrons. The summed E-state index contributed by atoms with van der Waals surface area (Å²) in [6.45, 7) is 11.9. The van der Waals surface area contributed by atoms with Gasteiger partial charge in [0.15, 0.2) is 0 Å². The number of benzene rings is 2. The summed E-state index contributed by atoms with van der Waals surface area (Å²) in [7, 11) is 0. The number of nitrogens with zero attached hydrogens (tertiary/aromatic N) is 4. The highest BCUT2D eigenvalue weighted by Gasteiger charge is 2.36. The molecule has 2 aromatic heterocycles. The van der Waals surface area contributed by atoms with Crippen LogP contribution in [0.3, 0.4) is 0 Å². The molecule has 7 rings (SSSR count). The third-order valence-corrected chi connectivity index (χ3v) is 10.1. The van der Waals surface area contributed by atoms with Crippen LogP contribution in [0, 0.1) is 5.92 Å². The molecule has 0 radical (unpaired) electrons. The van der Waals surface area contributed by atoms with Crippen LogP contribution in [0.15, 0.2) is 59.7 Å². The molecule has 2 amide bonds. The quantitative estimate of drug-likeness (QED) is 0.200. The number of nitrogens with one attached hydrogen (secondary N) is 2. The number of hydrogen-bond acceptors (Lipinski definition) is 6. The van der Waals surface area contributed by atoms with Gasteiger partial charge in [0.2, 0.25) is 0 Å². The highest BCUT2D eigenvalue weighted by atomic mass is 16.6. The van der Waals surface area contributed by atoms with Gasteiger partial charge in [0.1, 0.15) is 22.9 Å². The van der Waals surface area contributed by atoms with E-state index < -0.39 is 17.3 Å². The number of aliphatic imine (C=N–C) groups is 1. The van der Waals surface area contributed by atoms with Crippen molar-refractivity contribution < 1.29 is 19.1 Å². The molecule has 0 spiro atoms. The lowest BCUT2D eigenvalue weighted by atomic mass is 9.95. The number of likely N-dealkylation sites (tertiary alicyclic amines) is 1. The van der Waals surface area contributed by atoms with Gasteiger partial charge in [0.05, 0.1) is 23.6 Å². The molecular formula is C42H50N6O4. The number of aromatic nitrogens is 4. The Labute approximate surface area is 306 Å². The van der Waals surface area contributed by atoms with E-state index in [2.05, 4.69) is 63.3 Å². The van der Waals surface area contributed by atoms with Gasteiger partial charge in [-0.3, -0.25) is 4.90 Å². The maximum atomic E-state index is 13.0. The predicted octanol–water partition coefficient (Wildman–Crippen LogP) is 9.74. The number of carbonyl (C=O) groups excluding carboxylic acids is 2. The molecular weight excluding hydrogens is 653 g/mol. The summed E-state index contributed by atoms with van der Waals surface area (Å²) in [5, 5.41) is 0. The van der Waals surface area contributed by atoms with Gasteiger partial charge in [0.25, 0.3) is 0 Å². The zero-order chi connectivity index (χ0) is 36.6. The molecule has 3 aliphatic rings. The van der Waals surface area contributed by atoms with E-state index in [1.54, 1.807) is 0 Å². The molecule has 0 bridgehead atoms. The number of rotatable bonds is 5. The zero-order valence-corrected chi connectivity index (χ0v) is 31.2. The minimum absolute atomic E-state index is 0.101. The van der Waals surface area contributed by atoms with Crippen LogP contribution in [0.1, 0.15) is 115 Å². The Morgan fingerprint density at radius 1 is 0.865 bits per heavy atom. The van der Waals surface area contributed by atoms with E-state index in [0.717, 1.165) is 91.2 Å². The van der Waals surface area contributed by atoms with E-state index in [-0.39, 0.29) is 24.0 Å². The number of ether oxygens (including phenoxy) is 2. The maximum Gasteiger partial charge on any atom is 0.442 e. The maximum absolute atomic E-state index is 13.0. The largest absolute Gasteiger partial charge is 0.444 e. The predicted molar refractivity (Wildman–Crippen MR) is 202 cm³/mol. The summed E-state index contributed by atoms with van der Waals surface area (Å²) in [4.78, 5) is 47.7. The summed E-state index contributed by atoms with van der Waals surface area (Å²) < 4.78 is 11.0. The van der Waals surface area contributed by atoms with Crippen molar-refractivity contribution in [3.8, 4) is 33.6 Å². The van der Waals surface area contributed by atoms with Gasteiger partial charge in [-0.1, -0.05) is 48.9 Å². The number of aromatic amines is 2. The molecule has 1 saturated carbocycles. The van der Waals surface area contributed by atoms with Crippen LogP contribution in [-0.2, 0) is 22.3 Å². The van der Waals surface area contributed by atoms with E-state index >= 15 is 0 Å². The van der Waals surface area contributed by atoms with Crippen molar-refractivity contribution in [3.05, 3.63) is 77.6 Å². The monoisotopic (exact) mass is 702 g/mol. The van der Waals surface area contributed by atoms with E-state index in [9.17, 15) is 9.59 Å². The second-order valence-corrected chi connectivity index (χ2v) is 16.4. The molecule has 10 heteroatoms. The SMILES string of the molecule is CC(C)(C)OC(=O)N=C=CC1CCC[C@@H]1c1ncc(-c2ccc(-c3ccc4c(c3)CCCc3[nH]c([C@@H]5CCCN5C(=O)OC(C)(C)C)nc3-4)cc2)[nH]1. The van der Waals surface area contributed by atoms with Crippen LogP contribution in [-0.4, -0.2) is 60.6 Å². The topological polar surface area (TPSA) is 126 Å². The van der Waals surface area contributed by atoms with Gasteiger partial charge in [0, 0.05) is 23.7 Å². The van der Waals surface area contributed by atoms with Gasteiger partial charge in [-0.2, -0.15) is 0 Å². The Kier molecular flexibility index (Phi) is 9.70. The highest BCUT2D eigenvalue weighted by Crippen LogP contribution is 2.40. The fourth-order valence-corrected chi connectivity index (χ4v) is 7.76. The smallest absolute Gasteiger partial charge is 0.442 e. The van der Waals surface area contributed by atoms with E-state index in [1.165, 1.54) is 16.7 Å². The number of hydrogen-bond donors (Lipinski definition) is 2. The minimum atomic E-state index is -0.623. The average molecular weight is 703 g/mol. The van der Waals surface area contributed by atoms with E-state index in [0.29, 0.717) is 6.54 Å². The van der Waals surface area contributed by atoms with Crippen molar-refractivity contribution >= 4 is 18.1 Å². The molecule has 3 heterocycles. The third-order valence-electron chi connectivity index (χ3n) is 10.1. The van der Waals surface area contributed by atoms with Gasteiger partial charge < -0.3 is 19.4 Å². The zero-order valence-electron chi connectivity index (χ0n) is 31.2. The molecule has 10 nitrogen and oxygen atoms in total. The fourth-order valence-electron chi connectivity index (χ4n) is 7.76. The minimum Gasteiger partial charge on any atom is -0.444 e. The molecule has 3 atom stereocenters. The number of imidazole rings is 2. The number of aryl methyl sites for hydroxylation is 2. The molecule has 1 aliphatic heterocycles. The molecule has 1 saturated heterocycles. The summed E-state index contributed by atoms with van der Waals surface area (Å²) in [5.74, 6) is 5.06. The van der Waals surface area contributed by atoms with Crippen molar-refractivity contribution in [2.75, 3.05) is 6.54 Å². The number of allylic oxidation sites excluding steroid dienone is 1. The van der Waals surface area contributed by atoms with E-state index in [1.807, 2.05) is 58.7 Å². The van der Waals surface area contributed by atoms with Crippen LogP contribution in [0.5, 0.6) is 0 Å². The van der Waals surface area contributed by atoms with Gasteiger partial charge in [-0.05, 0) is 127 Å². The Hall–Kier alpha value is -4.95. The third kappa shape index (κ3) is 7.92. The molecule has 1 unspecified atom stereocenters. The first-order chi connectivity index (χ1) is 24.8. The number of H-pyrrole nitrogens is 2. The van der Waals surface area contributed by atoms with Gasteiger partial charge in [-0.25, -0.2) is 19.6 Å². The van der Waals surface area contributed by atoms with Crippen molar-refractivity contribution in [3.63, 3.8) is 0 Å². The van der Waals surface area contributed by atoms with Crippen molar-refractivity contribution in [2.45, 2.75) is 116 Å². The Morgan fingerprint density at radius 2 is 1.62 bits per heavy atom. The van der Waals surface area contributed by atoms with Crippen LogP contribution < -0.4 is 0 Å². The molecule has 2 aromatic carbocycles.